The van der Waals surface area contributed by atoms with Crippen LogP contribution in [-0.4, -0.2) is 45.0 Å². The number of carbonyl (C=O) groups excluding carboxylic acids is 4. The molecule has 8 rings (SSSR count). The molecule has 7 nitrogen and oxygen atoms in total. The third-order valence-electron chi connectivity index (χ3n) is 11.3. The minimum atomic E-state index is -1.47. The van der Waals surface area contributed by atoms with E-state index in [2.05, 4.69) is 0 Å². The number of allylic oxidation sites excluding steroid dienone is 4. The number of hydrogen-bond donors (Lipinski definition) is 2. The van der Waals surface area contributed by atoms with E-state index in [0.29, 0.717) is 23.1 Å². The number of aromatic hydroxyl groups is 2. The minimum Gasteiger partial charge on any atom is -0.508 e. The molecule has 1 saturated heterocycles. The molecule has 2 fully saturated rings. The molecule has 2 N–H and O–H groups in total. The lowest BCUT2D eigenvalue weighted by molar-refractivity contribution is -0.140. The molecular weight excluding hydrogens is 633 g/mol. The topological polar surface area (TPSA) is 112 Å². The summed E-state index contributed by atoms with van der Waals surface area (Å²) in [5.74, 6) is -6.14. The quantitative estimate of drug-likeness (QED) is 0.184. The molecule has 0 spiro atoms. The Balaban J connectivity index is 1.28. The molecule has 50 heavy (non-hydrogen) atoms. The molecule has 4 aliphatic rings. The normalized spacial score (nSPS) is 27.3. The summed E-state index contributed by atoms with van der Waals surface area (Å²) in [6.07, 6.45) is 4.18. The van der Waals surface area contributed by atoms with Gasteiger partial charge in [0.05, 0.1) is 17.3 Å². The number of Topliss-reactive ketones (excluding diaryl/α,β-unsaturated/α-hetero) is 1. The van der Waals surface area contributed by atoms with E-state index in [4.69, 9.17) is 0 Å². The van der Waals surface area contributed by atoms with Crippen LogP contribution < -0.4 is 0 Å². The SMILES string of the molecule is O=C1C(c2ccccc2)=CC(=O)C2(c3ccccc3)C1CC1C(=CCC3C(=O)N(CCc4ccc(O)cc4)C(=O)C31)C2c1ccc(O)c(F)c1. The van der Waals surface area contributed by atoms with Gasteiger partial charge >= 0.3 is 0 Å². The summed E-state index contributed by atoms with van der Waals surface area (Å²) in [7, 11) is 0. The molecule has 0 bridgehead atoms. The van der Waals surface area contributed by atoms with Crippen LogP contribution in [0.2, 0.25) is 0 Å². The molecule has 8 heteroatoms. The number of halogens is 1. The van der Waals surface area contributed by atoms with Gasteiger partial charge in [0.2, 0.25) is 11.8 Å². The number of fused-ring (bicyclic) bond motifs is 4. The van der Waals surface area contributed by atoms with Crippen molar-refractivity contribution in [1.82, 2.24) is 4.90 Å². The van der Waals surface area contributed by atoms with Crippen LogP contribution in [0.1, 0.15) is 41.0 Å². The van der Waals surface area contributed by atoms with Crippen molar-refractivity contribution in [3.63, 3.8) is 0 Å². The molecule has 2 amide bonds. The first kappa shape index (κ1) is 31.6. The number of phenols is 2. The summed E-state index contributed by atoms with van der Waals surface area (Å²) in [5, 5.41) is 19.9. The van der Waals surface area contributed by atoms with Gasteiger partial charge < -0.3 is 10.2 Å². The average Bonchev–Trinajstić information content (AvgIpc) is 3.38. The fourth-order valence-electron chi connectivity index (χ4n) is 9.14. The third-order valence-corrected chi connectivity index (χ3v) is 11.3. The van der Waals surface area contributed by atoms with Crippen molar-refractivity contribution >= 4 is 29.0 Å². The average molecular weight is 668 g/mol. The summed E-state index contributed by atoms with van der Waals surface area (Å²) in [4.78, 5) is 59.4. The second-order valence-electron chi connectivity index (χ2n) is 13.7. The maximum Gasteiger partial charge on any atom is 0.233 e. The van der Waals surface area contributed by atoms with Crippen LogP contribution in [0.25, 0.3) is 5.57 Å². The Bertz CT molecular complexity index is 2110. The highest BCUT2D eigenvalue weighted by Crippen LogP contribution is 2.63. The molecule has 1 aliphatic heterocycles. The molecule has 250 valence electrons. The van der Waals surface area contributed by atoms with Gasteiger partial charge in [-0.15, -0.1) is 0 Å². The van der Waals surface area contributed by atoms with Crippen LogP contribution in [0, 0.1) is 29.5 Å². The standard InChI is InChI=1S/C42H34FNO6/c43-34-21-26(13-18-35(34)46)38-29-16-17-30-37(41(50)44(40(30)49)20-19-24-11-14-28(45)15-12-24)32(29)22-33-39(48)31(25-7-3-1-4-8-25)23-36(47)42(33,38)27-9-5-2-6-10-27/h1-16,18,21,23,30,32-33,37-38,45-46H,17,19-20,22H2. The predicted molar refractivity (Wildman–Crippen MR) is 183 cm³/mol. The van der Waals surface area contributed by atoms with Crippen LogP contribution in [0.15, 0.2) is 121 Å². The fraction of sp³-hybridized carbons (Fsp3) is 0.238. The second kappa shape index (κ2) is 12.1. The number of likely N-dealkylation sites (tertiary alicyclic amines) is 1. The Kier molecular flexibility index (Phi) is 7.62. The molecule has 3 aliphatic carbocycles. The lowest BCUT2D eigenvalue weighted by Gasteiger charge is -2.55. The first-order valence-electron chi connectivity index (χ1n) is 16.9. The van der Waals surface area contributed by atoms with Gasteiger partial charge in [-0.25, -0.2) is 4.39 Å². The number of rotatable bonds is 6. The largest absolute Gasteiger partial charge is 0.508 e. The van der Waals surface area contributed by atoms with Gasteiger partial charge in [0.1, 0.15) is 5.75 Å². The summed E-state index contributed by atoms with van der Waals surface area (Å²) in [6.45, 7) is 0.166. The zero-order valence-electron chi connectivity index (χ0n) is 27.0. The number of amides is 2. The van der Waals surface area contributed by atoms with Gasteiger partial charge in [-0.2, -0.15) is 0 Å². The van der Waals surface area contributed by atoms with Crippen molar-refractivity contribution < 1.29 is 33.8 Å². The van der Waals surface area contributed by atoms with Crippen molar-refractivity contribution in [2.45, 2.75) is 30.6 Å². The zero-order chi connectivity index (χ0) is 34.7. The molecule has 6 atom stereocenters. The summed E-state index contributed by atoms with van der Waals surface area (Å²) < 4.78 is 15.2. The molecule has 4 aromatic rings. The van der Waals surface area contributed by atoms with Crippen molar-refractivity contribution in [1.29, 1.82) is 0 Å². The van der Waals surface area contributed by atoms with Crippen molar-refractivity contribution in [2.24, 2.45) is 23.7 Å². The minimum absolute atomic E-state index is 0.125. The van der Waals surface area contributed by atoms with E-state index in [1.807, 2.05) is 42.5 Å². The smallest absolute Gasteiger partial charge is 0.233 e. The van der Waals surface area contributed by atoms with Gasteiger partial charge in [0.25, 0.3) is 0 Å². The highest BCUT2D eigenvalue weighted by Gasteiger charge is 2.65. The molecular formula is C42H34FNO6. The Morgan fingerprint density at radius 2 is 1.50 bits per heavy atom. The summed E-state index contributed by atoms with van der Waals surface area (Å²) in [5.41, 5.74) is 2.03. The number of phenolic OH excluding ortho intramolecular Hbond substituents is 2. The van der Waals surface area contributed by atoms with Crippen LogP contribution in [0.3, 0.4) is 0 Å². The maximum atomic E-state index is 15.2. The van der Waals surface area contributed by atoms with Crippen LogP contribution in [0.5, 0.6) is 11.5 Å². The lowest BCUT2D eigenvalue weighted by atomic mass is 9.44. The summed E-state index contributed by atoms with van der Waals surface area (Å²) >= 11 is 0. The Morgan fingerprint density at radius 1 is 0.800 bits per heavy atom. The second-order valence-corrected chi connectivity index (χ2v) is 13.7. The van der Waals surface area contributed by atoms with E-state index in [9.17, 15) is 29.4 Å². The van der Waals surface area contributed by atoms with Gasteiger partial charge in [0.15, 0.2) is 23.1 Å². The highest BCUT2D eigenvalue weighted by molar-refractivity contribution is 6.31. The fourth-order valence-corrected chi connectivity index (χ4v) is 9.14. The molecule has 4 aromatic carbocycles. The number of ketones is 2. The molecule has 6 unspecified atom stereocenters. The number of benzene rings is 4. The Hall–Kier alpha value is -5.63. The van der Waals surface area contributed by atoms with Gasteiger partial charge in [-0.1, -0.05) is 90.5 Å². The summed E-state index contributed by atoms with van der Waals surface area (Å²) in [6, 6.07) is 28.8. The predicted octanol–water partition coefficient (Wildman–Crippen LogP) is 6.30. The van der Waals surface area contributed by atoms with Crippen molar-refractivity contribution in [2.75, 3.05) is 6.54 Å². The first-order chi connectivity index (χ1) is 24.2. The van der Waals surface area contributed by atoms with E-state index < -0.39 is 46.6 Å². The molecule has 1 heterocycles. The zero-order valence-corrected chi connectivity index (χ0v) is 27.0. The molecule has 1 saturated carbocycles. The van der Waals surface area contributed by atoms with E-state index in [-0.39, 0.29) is 54.1 Å². The van der Waals surface area contributed by atoms with E-state index in [1.54, 1.807) is 54.6 Å². The van der Waals surface area contributed by atoms with Crippen molar-refractivity contribution in [3.05, 3.63) is 149 Å². The third kappa shape index (κ3) is 4.76. The maximum absolute atomic E-state index is 15.2. The van der Waals surface area contributed by atoms with E-state index in [1.165, 1.54) is 23.1 Å². The van der Waals surface area contributed by atoms with Crippen LogP contribution in [-0.2, 0) is 31.0 Å². The van der Waals surface area contributed by atoms with Gasteiger partial charge in [0, 0.05) is 24.0 Å². The van der Waals surface area contributed by atoms with Crippen LogP contribution in [0.4, 0.5) is 4.39 Å². The lowest BCUT2D eigenvalue weighted by Crippen LogP contribution is -2.58. The Morgan fingerprint density at radius 3 is 2.20 bits per heavy atom. The first-order valence-corrected chi connectivity index (χ1v) is 16.9. The monoisotopic (exact) mass is 667 g/mol. The number of carbonyl (C=O) groups is 4. The van der Waals surface area contributed by atoms with E-state index >= 15 is 4.39 Å². The molecule has 0 radical (unpaired) electrons. The number of hydrogen-bond acceptors (Lipinski definition) is 6. The molecule has 0 aromatic heterocycles. The number of imide groups is 1. The van der Waals surface area contributed by atoms with Gasteiger partial charge in [-0.3, -0.25) is 24.1 Å². The van der Waals surface area contributed by atoms with Gasteiger partial charge in [-0.05, 0) is 77.8 Å². The van der Waals surface area contributed by atoms with E-state index in [0.717, 1.165) is 11.1 Å². The van der Waals surface area contributed by atoms with Crippen molar-refractivity contribution in [3.8, 4) is 11.5 Å². The highest BCUT2D eigenvalue weighted by atomic mass is 19.1. The Labute approximate surface area is 288 Å². The number of nitrogens with zero attached hydrogens (tertiary/aromatic N) is 1. The van der Waals surface area contributed by atoms with Crippen LogP contribution >= 0.6 is 0 Å².